The number of guanidine groups is 1. The molecule has 0 saturated carbocycles. The minimum atomic E-state index is -0.391. The summed E-state index contributed by atoms with van der Waals surface area (Å²) in [6, 6.07) is 16.2. The maximum absolute atomic E-state index is 12.3. The second kappa shape index (κ2) is 6.95. The number of esters is 1. The number of benzene rings is 2. The Kier molecular flexibility index (Phi) is 4.56. The van der Waals surface area contributed by atoms with Gasteiger partial charge in [-0.1, -0.05) is 18.2 Å². The van der Waals surface area contributed by atoms with Crippen LogP contribution in [0.5, 0.6) is 0 Å². The van der Waals surface area contributed by atoms with Gasteiger partial charge in [-0.25, -0.2) is 4.79 Å². The number of aliphatic imine (C=N–C) groups is 1. The third kappa shape index (κ3) is 3.27. The SMILES string of the molecule is COC(=O)c1ccc(NC2=NCCC(=O)N2c2ccccc2)cc1. The number of ether oxygens (including phenoxy) is 1. The number of nitrogens with one attached hydrogen (secondary N) is 1. The van der Waals surface area contributed by atoms with Gasteiger partial charge in [-0.2, -0.15) is 0 Å². The van der Waals surface area contributed by atoms with Crippen LogP contribution < -0.4 is 10.2 Å². The first-order chi connectivity index (χ1) is 11.7. The fraction of sp³-hybridized carbons (Fsp3) is 0.167. The maximum Gasteiger partial charge on any atom is 0.337 e. The second-order valence-electron chi connectivity index (χ2n) is 5.21. The largest absolute Gasteiger partial charge is 0.465 e. The lowest BCUT2D eigenvalue weighted by atomic mass is 10.2. The van der Waals surface area contributed by atoms with E-state index >= 15 is 0 Å². The molecule has 0 fully saturated rings. The molecule has 1 aliphatic rings. The van der Waals surface area contributed by atoms with Gasteiger partial charge in [0, 0.05) is 12.1 Å². The van der Waals surface area contributed by atoms with Gasteiger partial charge in [0.2, 0.25) is 11.9 Å². The van der Waals surface area contributed by atoms with Crippen LogP contribution in [-0.2, 0) is 9.53 Å². The van der Waals surface area contributed by atoms with Crippen molar-refractivity contribution in [2.75, 3.05) is 23.9 Å². The van der Waals surface area contributed by atoms with Gasteiger partial charge < -0.3 is 10.1 Å². The number of hydrogen-bond acceptors (Lipinski definition) is 5. The highest BCUT2D eigenvalue weighted by Gasteiger charge is 2.24. The van der Waals surface area contributed by atoms with Crippen molar-refractivity contribution in [3.63, 3.8) is 0 Å². The molecule has 1 N–H and O–H groups in total. The summed E-state index contributed by atoms with van der Waals surface area (Å²) in [5.74, 6) is 0.0748. The number of carbonyl (C=O) groups is 2. The zero-order valence-corrected chi connectivity index (χ0v) is 13.2. The minimum Gasteiger partial charge on any atom is -0.465 e. The molecule has 24 heavy (non-hydrogen) atoms. The summed E-state index contributed by atoms with van der Waals surface area (Å²) >= 11 is 0. The molecule has 122 valence electrons. The zero-order chi connectivity index (χ0) is 16.9. The van der Waals surface area contributed by atoms with E-state index in [0.29, 0.717) is 24.5 Å². The lowest BCUT2D eigenvalue weighted by Crippen LogP contribution is -2.44. The molecule has 0 atom stereocenters. The predicted octanol–water partition coefficient (Wildman–Crippen LogP) is 2.68. The topological polar surface area (TPSA) is 71.0 Å². The van der Waals surface area contributed by atoms with Gasteiger partial charge in [0.05, 0.1) is 24.9 Å². The third-order valence-corrected chi connectivity index (χ3v) is 3.62. The van der Waals surface area contributed by atoms with E-state index in [-0.39, 0.29) is 5.91 Å². The molecule has 2 aromatic carbocycles. The highest BCUT2D eigenvalue weighted by atomic mass is 16.5. The summed E-state index contributed by atoms with van der Waals surface area (Å²) in [5, 5.41) is 3.15. The van der Waals surface area contributed by atoms with E-state index < -0.39 is 5.97 Å². The summed E-state index contributed by atoms with van der Waals surface area (Å²) in [6.45, 7) is 0.449. The van der Waals surface area contributed by atoms with Gasteiger partial charge in [-0.3, -0.25) is 14.7 Å². The highest BCUT2D eigenvalue weighted by Crippen LogP contribution is 2.20. The van der Waals surface area contributed by atoms with E-state index in [0.717, 1.165) is 11.4 Å². The van der Waals surface area contributed by atoms with Gasteiger partial charge >= 0.3 is 5.97 Å². The van der Waals surface area contributed by atoms with Crippen molar-refractivity contribution in [2.45, 2.75) is 6.42 Å². The van der Waals surface area contributed by atoms with Crippen LogP contribution in [0.1, 0.15) is 16.8 Å². The quantitative estimate of drug-likeness (QED) is 0.882. The molecule has 0 radical (unpaired) electrons. The first-order valence-electron chi connectivity index (χ1n) is 7.57. The van der Waals surface area contributed by atoms with Crippen molar-refractivity contribution in [3.8, 4) is 0 Å². The standard InChI is InChI=1S/C18H17N3O3/c1-24-17(23)13-7-9-14(10-8-13)20-18-19-12-11-16(22)21(18)15-5-3-2-4-6-15/h2-10H,11-12H2,1H3,(H,19,20). The monoisotopic (exact) mass is 323 g/mol. The van der Waals surface area contributed by atoms with Crippen LogP contribution in [0.4, 0.5) is 11.4 Å². The molecular weight excluding hydrogens is 306 g/mol. The molecule has 0 unspecified atom stereocenters. The van der Waals surface area contributed by atoms with Gasteiger partial charge in [0.15, 0.2) is 0 Å². The molecule has 6 heteroatoms. The van der Waals surface area contributed by atoms with Gasteiger partial charge in [-0.05, 0) is 36.4 Å². The van der Waals surface area contributed by atoms with E-state index in [9.17, 15) is 9.59 Å². The summed E-state index contributed by atoms with van der Waals surface area (Å²) in [5.41, 5.74) is 1.96. The van der Waals surface area contributed by atoms with Crippen molar-refractivity contribution in [1.82, 2.24) is 0 Å². The normalized spacial score (nSPS) is 14.1. The Morgan fingerprint density at radius 3 is 2.50 bits per heavy atom. The van der Waals surface area contributed by atoms with Gasteiger partial charge in [0.1, 0.15) is 0 Å². The fourth-order valence-corrected chi connectivity index (χ4v) is 2.43. The molecule has 0 aliphatic carbocycles. The molecule has 0 spiro atoms. The second-order valence-corrected chi connectivity index (χ2v) is 5.21. The first-order valence-corrected chi connectivity index (χ1v) is 7.57. The van der Waals surface area contributed by atoms with E-state index in [4.69, 9.17) is 0 Å². The molecule has 1 aliphatic heterocycles. The lowest BCUT2D eigenvalue weighted by Gasteiger charge is -2.28. The molecule has 3 rings (SSSR count). The van der Waals surface area contributed by atoms with Crippen LogP contribution >= 0.6 is 0 Å². The summed E-state index contributed by atoms with van der Waals surface area (Å²) in [7, 11) is 1.34. The highest BCUT2D eigenvalue weighted by molar-refractivity contribution is 6.21. The van der Waals surface area contributed by atoms with Crippen LogP contribution in [0.3, 0.4) is 0 Å². The number of methoxy groups -OCH3 is 1. The van der Waals surface area contributed by atoms with Crippen molar-refractivity contribution in [3.05, 3.63) is 60.2 Å². The minimum absolute atomic E-state index is 0.00937. The maximum atomic E-state index is 12.3. The average Bonchev–Trinajstić information content (AvgIpc) is 2.62. The number of anilines is 2. The molecular formula is C18H17N3O3. The van der Waals surface area contributed by atoms with E-state index in [1.807, 2.05) is 30.3 Å². The Bertz CT molecular complexity index is 770. The Hall–Kier alpha value is -3.15. The average molecular weight is 323 g/mol. The number of carbonyl (C=O) groups excluding carboxylic acids is 2. The Morgan fingerprint density at radius 1 is 1.12 bits per heavy atom. The third-order valence-electron chi connectivity index (χ3n) is 3.62. The van der Waals surface area contributed by atoms with E-state index in [1.165, 1.54) is 7.11 Å². The summed E-state index contributed by atoms with van der Waals surface area (Å²) < 4.78 is 4.68. The Balaban J connectivity index is 1.83. The Labute approximate surface area is 139 Å². The van der Waals surface area contributed by atoms with E-state index in [2.05, 4.69) is 15.0 Å². The molecule has 2 aromatic rings. The fourth-order valence-electron chi connectivity index (χ4n) is 2.43. The lowest BCUT2D eigenvalue weighted by molar-refractivity contribution is -0.117. The van der Waals surface area contributed by atoms with Crippen molar-refractivity contribution in [2.24, 2.45) is 4.99 Å². The van der Waals surface area contributed by atoms with E-state index in [1.54, 1.807) is 29.2 Å². The molecule has 1 amide bonds. The number of amides is 1. The van der Waals surface area contributed by atoms with Crippen molar-refractivity contribution in [1.29, 1.82) is 0 Å². The number of para-hydroxylation sites is 1. The molecule has 0 bridgehead atoms. The smallest absolute Gasteiger partial charge is 0.337 e. The van der Waals surface area contributed by atoms with Crippen LogP contribution in [0.15, 0.2) is 59.6 Å². The predicted molar refractivity (Wildman–Crippen MR) is 92.3 cm³/mol. The summed E-state index contributed by atoms with van der Waals surface area (Å²) in [4.78, 5) is 29.8. The first kappa shape index (κ1) is 15.7. The summed E-state index contributed by atoms with van der Waals surface area (Å²) in [6.07, 6.45) is 0.376. The zero-order valence-electron chi connectivity index (χ0n) is 13.2. The van der Waals surface area contributed by atoms with Crippen LogP contribution in [0, 0.1) is 0 Å². The molecule has 1 heterocycles. The van der Waals surface area contributed by atoms with Crippen LogP contribution in [0.25, 0.3) is 0 Å². The van der Waals surface area contributed by atoms with Crippen LogP contribution in [0.2, 0.25) is 0 Å². The van der Waals surface area contributed by atoms with Crippen LogP contribution in [-0.4, -0.2) is 31.5 Å². The Morgan fingerprint density at radius 2 is 1.83 bits per heavy atom. The van der Waals surface area contributed by atoms with Crippen molar-refractivity contribution >= 4 is 29.2 Å². The number of nitrogens with zero attached hydrogens (tertiary/aromatic N) is 2. The molecule has 0 aromatic heterocycles. The van der Waals surface area contributed by atoms with Crippen molar-refractivity contribution < 1.29 is 14.3 Å². The number of hydrogen-bond donors (Lipinski definition) is 1. The number of rotatable bonds is 3. The molecule has 0 saturated heterocycles. The van der Waals surface area contributed by atoms with Gasteiger partial charge in [0.25, 0.3) is 0 Å². The molecule has 6 nitrogen and oxygen atoms in total. The van der Waals surface area contributed by atoms with Gasteiger partial charge in [-0.15, -0.1) is 0 Å².